The Morgan fingerprint density at radius 1 is 1.64 bits per heavy atom. The first-order chi connectivity index (χ1) is 5.24. The molecule has 2 nitrogen and oxygen atoms in total. The first-order valence-electron chi connectivity index (χ1n) is 3.60. The van der Waals surface area contributed by atoms with E-state index in [4.69, 9.17) is 0 Å². The molecule has 1 N–H and O–H groups in total. The van der Waals surface area contributed by atoms with Gasteiger partial charge in [0.15, 0.2) is 0 Å². The SMILES string of the molecule is CCNc1cc(F)cnc1C. The molecule has 0 saturated heterocycles. The Kier molecular flexibility index (Phi) is 2.41. The zero-order valence-corrected chi connectivity index (χ0v) is 6.69. The minimum atomic E-state index is -0.299. The Morgan fingerprint density at radius 2 is 2.36 bits per heavy atom. The van der Waals surface area contributed by atoms with Crippen LogP contribution in [0.5, 0.6) is 0 Å². The summed E-state index contributed by atoms with van der Waals surface area (Å²) in [5, 5.41) is 3.01. The predicted molar refractivity (Wildman–Crippen MR) is 43.1 cm³/mol. The van der Waals surface area contributed by atoms with Gasteiger partial charge in [-0.2, -0.15) is 0 Å². The summed E-state index contributed by atoms with van der Waals surface area (Å²) in [4.78, 5) is 3.86. The average Bonchev–Trinajstić information content (AvgIpc) is 1.98. The van der Waals surface area contributed by atoms with Crippen LogP contribution in [-0.2, 0) is 0 Å². The lowest BCUT2D eigenvalue weighted by molar-refractivity contribution is 0.621. The maximum Gasteiger partial charge on any atom is 0.143 e. The second-order valence-corrected chi connectivity index (χ2v) is 2.32. The lowest BCUT2D eigenvalue weighted by Gasteiger charge is -2.04. The topological polar surface area (TPSA) is 24.9 Å². The van der Waals surface area contributed by atoms with Crippen molar-refractivity contribution in [2.75, 3.05) is 11.9 Å². The van der Waals surface area contributed by atoms with E-state index >= 15 is 0 Å². The molecule has 11 heavy (non-hydrogen) atoms. The van der Waals surface area contributed by atoms with E-state index in [1.165, 1.54) is 12.3 Å². The summed E-state index contributed by atoms with van der Waals surface area (Å²) in [6.07, 6.45) is 1.22. The van der Waals surface area contributed by atoms with Crippen LogP contribution >= 0.6 is 0 Å². The second-order valence-electron chi connectivity index (χ2n) is 2.32. The van der Waals surface area contributed by atoms with Gasteiger partial charge in [-0.1, -0.05) is 0 Å². The van der Waals surface area contributed by atoms with Crippen LogP contribution in [0.2, 0.25) is 0 Å². The number of halogens is 1. The van der Waals surface area contributed by atoms with Gasteiger partial charge in [0.05, 0.1) is 17.6 Å². The van der Waals surface area contributed by atoms with Crippen molar-refractivity contribution in [1.29, 1.82) is 0 Å². The molecule has 0 amide bonds. The zero-order valence-electron chi connectivity index (χ0n) is 6.69. The van der Waals surface area contributed by atoms with E-state index in [-0.39, 0.29) is 5.82 Å². The minimum Gasteiger partial charge on any atom is -0.384 e. The van der Waals surface area contributed by atoms with Gasteiger partial charge >= 0.3 is 0 Å². The van der Waals surface area contributed by atoms with Gasteiger partial charge in [-0.3, -0.25) is 4.98 Å². The third kappa shape index (κ3) is 1.90. The third-order valence-corrected chi connectivity index (χ3v) is 1.42. The Hall–Kier alpha value is -1.12. The van der Waals surface area contributed by atoms with Crippen LogP contribution in [0.25, 0.3) is 0 Å². The number of anilines is 1. The molecule has 0 spiro atoms. The molecule has 0 aliphatic rings. The van der Waals surface area contributed by atoms with Crippen molar-refractivity contribution in [2.45, 2.75) is 13.8 Å². The third-order valence-electron chi connectivity index (χ3n) is 1.42. The van der Waals surface area contributed by atoms with Gasteiger partial charge in [0.25, 0.3) is 0 Å². The molecule has 0 aliphatic heterocycles. The highest BCUT2D eigenvalue weighted by Gasteiger charge is 1.98. The van der Waals surface area contributed by atoms with E-state index in [0.29, 0.717) is 0 Å². The number of hydrogen-bond acceptors (Lipinski definition) is 2. The molecule has 0 atom stereocenters. The fourth-order valence-corrected chi connectivity index (χ4v) is 0.877. The van der Waals surface area contributed by atoms with Crippen LogP contribution in [0.1, 0.15) is 12.6 Å². The maximum atomic E-state index is 12.6. The van der Waals surface area contributed by atoms with Crippen LogP contribution in [0, 0.1) is 12.7 Å². The van der Waals surface area contributed by atoms with Crippen molar-refractivity contribution in [3.05, 3.63) is 23.8 Å². The number of pyridine rings is 1. The first-order valence-corrected chi connectivity index (χ1v) is 3.60. The number of nitrogens with one attached hydrogen (secondary N) is 1. The van der Waals surface area contributed by atoms with Crippen LogP contribution in [0.4, 0.5) is 10.1 Å². The van der Waals surface area contributed by atoms with Crippen molar-refractivity contribution in [3.8, 4) is 0 Å². The molecule has 60 valence electrons. The zero-order chi connectivity index (χ0) is 8.27. The Balaban J connectivity index is 2.93. The lowest BCUT2D eigenvalue weighted by atomic mass is 10.3. The van der Waals surface area contributed by atoms with Crippen LogP contribution in [-0.4, -0.2) is 11.5 Å². The van der Waals surface area contributed by atoms with Gasteiger partial charge in [0, 0.05) is 12.6 Å². The van der Waals surface area contributed by atoms with Crippen LogP contribution < -0.4 is 5.32 Å². The number of nitrogens with zero attached hydrogens (tertiary/aromatic N) is 1. The molecular formula is C8H11FN2. The molecule has 1 rings (SSSR count). The number of hydrogen-bond donors (Lipinski definition) is 1. The summed E-state index contributed by atoms with van der Waals surface area (Å²) < 4.78 is 12.6. The summed E-state index contributed by atoms with van der Waals surface area (Å²) in [7, 11) is 0. The maximum absolute atomic E-state index is 12.6. The fraction of sp³-hybridized carbons (Fsp3) is 0.375. The number of aryl methyl sites for hydroxylation is 1. The molecule has 1 heterocycles. The first kappa shape index (κ1) is 7.98. The Bertz CT molecular complexity index is 248. The van der Waals surface area contributed by atoms with Crippen molar-refractivity contribution >= 4 is 5.69 Å². The van der Waals surface area contributed by atoms with Crippen molar-refractivity contribution in [2.24, 2.45) is 0 Å². The fourth-order valence-electron chi connectivity index (χ4n) is 0.877. The molecule has 0 bridgehead atoms. The van der Waals surface area contributed by atoms with Crippen molar-refractivity contribution in [1.82, 2.24) is 4.98 Å². The molecular weight excluding hydrogens is 143 g/mol. The molecule has 1 aromatic rings. The molecule has 0 aliphatic carbocycles. The van der Waals surface area contributed by atoms with Gasteiger partial charge in [-0.05, 0) is 13.8 Å². The summed E-state index contributed by atoms with van der Waals surface area (Å²) >= 11 is 0. The molecule has 1 aromatic heterocycles. The van der Waals surface area contributed by atoms with Gasteiger partial charge in [-0.15, -0.1) is 0 Å². The highest BCUT2D eigenvalue weighted by Crippen LogP contribution is 2.11. The molecule has 0 aromatic carbocycles. The lowest BCUT2D eigenvalue weighted by Crippen LogP contribution is -2.00. The number of rotatable bonds is 2. The van der Waals surface area contributed by atoms with Gasteiger partial charge in [0.2, 0.25) is 0 Å². The quantitative estimate of drug-likeness (QED) is 0.704. The average molecular weight is 154 g/mol. The minimum absolute atomic E-state index is 0.299. The van der Waals surface area contributed by atoms with Gasteiger partial charge in [-0.25, -0.2) is 4.39 Å². The van der Waals surface area contributed by atoms with Gasteiger partial charge < -0.3 is 5.32 Å². The highest BCUT2D eigenvalue weighted by molar-refractivity contribution is 5.46. The predicted octanol–water partition coefficient (Wildman–Crippen LogP) is 1.96. The van der Waals surface area contributed by atoms with E-state index in [0.717, 1.165) is 17.9 Å². The van der Waals surface area contributed by atoms with E-state index < -0.39 is 0 Å². The molecule has 0 fully saturated rings. The Labute approximate surface area is 65.5 Å². The molecule has 0 saturated carbocycles. The van der Waals surface area contributed by atoms with Crippen molar-refractivity contribution < 1.29 is 4.39 Å². The molecule has 3 heteroatoms. The molecule has 0 radical (unpaired) electrons. The normalized spacial score (nSPS) is 9.73. The highest BCUT2D eigenvalue weighted by atomic mass is 19.1. The van der Waals surface area contributed by atoms with E-state index in [1.807, 2.05) is 13.8 Å². The molecule has 0 unspecified atom stereocenters. The monoisotopic (exact) mass is 154 g/mol. The van der Waals surface area contributed by atoms with E-state index in [9.17, 15) is 4.39 Å². The smallest absolute Gasteiger partial charge is 0.143 e. The Morgan fingerprint density at radius 3 is 3.00 bits per heavy atom. The van der Waals surface area contributed by atoms with Crippen LogP contribution in [0.3, 0.4) is 0 Å². The standard InChI is InChI=1S/C8H11FN2/c1-3-10-8-4-7(9)5-11-6(8)2/h4-5,10H,3H2,1-2H3. The number of aromatic nitrogens is 1. The second kappa shape index (κ2) is 3.32. The summed E-state index contributed by atoms with van der Waals surface area (Å²) in [6, 6.07) is 1.45. The summed E-state index contributed by atoms with van der Waals surface area (Å²) in [5.41, 5.74) is 1.60. The van der Waals surface area contributed by atoms with Gasteiger partial charge in [0.1, 0.15) is 5.82 Å². The largest absolute Gasteiger partial charge is 0.384 e. The van der Waals surface area contributed by atoms with E-state index in [1.54, 1.807) is 0 Å². The van der Waals surface area contributed by atoms with E-state index in [2.05, 4.69) is 10.3 Å². The summed E-state index contributed by atoms with van der Waals surface area (Å²) in [6.45, 7) is 4.59. The van der Waals surface area contributed by atoms with Crippen LogP contribution in [0.15, 0.2) is 12.3 Å². The summed E-state index contributed by atoms with van der Waals surface area (Å²) in [5.74, 6) is -0.299. The van der Waals surface area contributed by atoms with Crippen molar-refractivity contribution in [3.63, 3.8) is 0 Å².